The Morgan fingerprint density at radius 1 is 1.02 bits per heavy atom. The Morgan fingerprint density at radius 2 is 1.72 bits per heavy atom. The molecule has 0 bridgehead atoms. The van der Waals surface area contributed by atoms with Crippen LogP contribution in [0.25, 0.3) is 11.1 Å². The maximum absolute atomic E-state index is 13.7. The van der Waals surface area contributed by atoms with E-state index < -0.39 is 28.5 Å². The van der Waals surface area contributed by atoms with Crippen molar-refractivity contribution in [2.45, 2.75) is 32.0 Å². The highest BCUT2D eigenvalue weighted by Gasteiger charge is 2.47. The van der Waals surface area contributed by atoms with E-state index in [1.54, 1.807) is 13.0 Å². The Morgan fingerprint density at radius 3 is 2.33 bits per heavy atom. The Balaban J connectivity index is 1.81. The first-order valence-corrected chi connectivity index (χ1v) is 14.0. The number of non-ortho nitro benzene ring substituents is 1. The highest BCUT2D eigenvalue weighted by Crippen LogP contribution is 2.59. The zero-order valence-electron chi connectivity index (χ0n) is 24.3. The Hall–Kier alpha value is -4.23. The highest BCUT2D eigenvalue weighted by atomic mass is 79.9. The molecule has 0 spiro atoms. The molecule has 13 heteroatoms. The molecule has 0 saturated heterocycles. The second-order valence-electron chi connectivity index (χ2n) is 10.3. The van der Waals surface area contributed by atoms with E-state index in [1.807, 2.05) is 13.0 Å². The zero-order valence-corrected chi connectivity index (χ0v) is 25.9. The fourth-order valence-corrected chi connectivity index (χ4v) is 6.11. The summed E-state index contributed by atoms with van der Waals surface area (Å²) in [7, 11) is 5.89. The fourth-order valence-electron chi connectivity index (χ4n) is 5.58. The number of hydrogen-bond donors (Lipinski definition) is 1. The van der Waals surface area contributed by atoms with Crippen molar-refractivity contribution in [1.82, 2.24) is 0 Å². The van der Waals surface area contributed by atoms with E-state index in [9.17, 15) is 20.0 Å². The number of benzene rings is 3. The van der Waals surface area contributed by atoms with Crippen LogP contribution in [0.3, 0.4) is 0 Å². The summed E-state index contributed by atoms with van der Waals surface area (Å²) in [4.78, 5) is 24.4. The predicted molar refractivity (Wildman–Crippen MR) is 157 cm³/mol. The summed E-state index contributed by atoms with van der Waals surface area (Å²) in [6, 6.07) is 7.17. The summed E-state index contributed by atoms with van der Waals surface area (Å²) in [6.45, 7) is 3.43. The summed E-state index contributed by atoms with van der Waals surface area (Å²) < 4.78 is 40.9. The standard InChI is InChI=1S/C30H30BrNO11/c1-14-9-15-10-21-25(42-13-41-21)26(39-5)22(15)23-18(12-20(37-3)24(38-4)27(23)40-6)28(30(14,2)34)43-29(33)17-8-7-16(32(35)36)11-19(17)31/h7-8,10-12,14,28,34H,9,13H2,1-6H3/t14-,28-,30-/m0/s1. The highest BCUT2D eigenvalue weighted by molar-refractivity contribution is 9.10. The maximum atomic E-state index is 13.7. The predicted octanol–water partition coefficient (Wildman–Crippen LogP) is 5.63. The lowest BCUT2D eigenvalue weighted by Crippen LogP contribution is -2.43. The van der Waals surface area contributed by atoms with E-state index in [2.05, 4.69) is 15.9 Å². The van der Waals surface area contributed by atoms with Crippen molar-refractivity contribution in [2.75, 3.05) is 35.2 Å². The molecule has 0 aromatic heterocycles. The molecule has 1 heterocycles. The molecular formula is C30H30BrNO11. The second-order valence-corrected chi connectivity index (χ2v) is 11.2. The van der Waals surface area contributed by atoms with Crippen LogP contribution in [0.2, 0.25) is 0 Å². The first-order chi connectivity index (χ1) is 20.5. The van der Waals surface area contributed by atoms with E-state index in [0.29, 0.717) is 40.4 Å². The zero-order chi connectivity index (χ0) is 31.2. The van der Waals surface area contributed by atoms with Crippen molar-refractivity contribution in [3.63, 3.8) is 0 Å². The second kappa shape index (κ2) is 11.5. The van der Waals surface area contributed by atoms with Crippen LogP contribution >= 0.6 is 15.9 Å². The van der Waals surface area contributed by atoms with E-state index >= 15 is 0 Å². The molecule has 3 atom stereocenters. The van der Waals surface area contributed by atoms with Gasteiger partial charge in [0.2, 0.25) is 18.3 Å². The van der Waals surface area contributed by atoms with Gasteiger partial charge in [0.25, 0.3) is 5.69 Å². The molecule has 43 heavy (non-hydrogen) atoms. The lowest BCUT2D eigenvalue weighted by atomic mass is 9.73. The van der Waals surface area contributed by atoms with E-state index in [0.717, 1.165) is 5.56 Å². The topological polar surface area (TPSA) is 145 Å². The van der Waals surface area contributed by atoms with Crippen molar-refractivity contribution in [1.29, 1.82) is 0 Å². The van der Waals surface area contributed by atoms with Crippen molar-refractivity contribution < 1.29 is 48.0 Å². The number of rotatable bonds is 7. The Bertz CT molecular complexity index is 1620. The van der Waals surface area contributed by atoms with Crippen LogP contribution in [0.15, 0.2) is 34.8 Å². The van der Waals surface area contributed by atoms with Gasteiger partial charge >= 0.3 is 5.97 Å². The van der Waals surface area contributed by atoms with Gasteiger partial charge in [-0.3, -0.25) is 10.1 Å². The third kappa shape index (κ3) is 4.95. The quantitative estimate of drug-likeness (QED) is 0.191. The third-order valence-corrected chi connectivity index (χ3v) is 8.62. The molecule has 0 radical (unpaired) electrons. The molecule has 0 amide bonds. The number of halogens is 1. The van der Waals surface area contributed by atoms with Gasteiger partial charge in [-0.2, -0.15) is 0 Å². The first-order valence-electron chi connectivity index (χ1n) is 13.2. The van der Waals surface area contributed by atoms with Crippen LogP contribution in [-0.2, 0) is 11.2 Å². The SMILES string of the molecule is COc1cc2c(c(OC)c1OC)-c1c(cc3c(c1OC)OCO3)C[C@H](C)[C@](C)(O)[C@H]2OC(=O)c1ccc([N+](=O)[O-])cc1Br. The van der Waals surface area contributed by atoms with Gasteiger partial charge in [-0.25, -0.2) is 4.79 Å². The molecule has 1 aliphatic heterocycles. The number of methoxy groups -OCH3 is 4. The number of esters is 1. The molecule has 3 aromatic carbocycles. The average molecular weight is 660 g/mol. The number of nitrogens with zero attached hydrogens (tertiary/aromatic N) is 1. The first kappa shape index (κ1) is 30.2. The lowest BCUT2D eigenvalue weighted by Gasteiger charge is -2.41. The number of nitro groups is 1. The summed E-state index contributed by atoms with van der Waals surface area (Å²) >= 11 is 3.25. The molecule has 228 valence electrons. The smallest absolute Gasteiger partial charge is 0.340 e. The molecule has 0 saturated carbocycles. The van der Waals surface area contributed by atoms with Crippen LogP contribution in [0.1, 0.15) is 41.4 Å². The summed E-state index contributed by atoms with van der Waals surface area (Å²) in [5, 5.41) is 23.4. The summed E-state index contributed by atoms with van der Waals surface area (Å²) in [5.41, 5.74) is 0.302. The van der Waals surface area contributed by atoms with Gasteiger partial charge in [-0.05, 0) is 59.0 Å². The number of aliphatic hydroxyl groups is 1. The Kier molecular flexibility index (Phi) is 8.05. The number of fused-ring (bicyclic) bond motifs is 4. The largest absolute Gasteiger partial charge is 0.493 e. The van der Waals surface area contributed by atoms with Crippen molar-refractivity contribution in [2.24, 2.45) is 5.92 Å². The van der Waals surface area contributed by atoms with Gasteiger partial charge in [0, 0.05) is 33.3 Å². The van der Waals surface area contributed by atoms with Gasteiger partial charge in [-0.1, -0.05) is 6.92 Å². The molecule has 0 unspecified atom stereocenters. The van der Waals surface area contributed by atoms with Gasteiger partial charge in [0.1, 0.15) is 5.60 Å². The minimum Gasteiger partial charge on any atom is -0.493 e. The molecule has 2 aliphatic rings. The minimum absolute atomic E-state index is 0.00212. The molecule has 5 rings (SSSR count). The number of nitro benzene ring substituents is 1. The molecule has 1 aliphatic carbocycles. The van der Waals surface area contributed by atoms with E-state index in [4.69, 9.17) is 33.2 Å². The molecule has 12 nitrogen and oxygen atoms in total. The van der Waals surface area contributed by atoms with Gasteiger partial charge in [0.05, 0.1) is 38.9 Å². The van der Waals surface area contributed by atoms with E-state index in [-0.39, 0.29) is 39.8 Å². The number of carbonyl (C=O) groups is 1. The van der Waals surface area contributed by atoms with E-state index in [1.165, 1.54) is 46.6 Å². The van der Waals surface area contributed by atoms with Gasteiger partial charge in [0.15, 0.2) is 29.1 Å². The third-order valence-electron chi connectivity index (χ3n) is 7.96. The van der Waals surface area contributed by atoms with Crippen LogP contribution in [-0.4, -0.2) is 56.8 Å². The summed E-state index contributed by atoms with van der Waals surface area (Å²) in [6.07, 6.45) is -0.967. The maximum Gasteiger partial charge on any atom is 0.340 e. The van der Waals surface area contributed by atoms with Crippen LogP contribution in [0.5, 0.6) is 34.5 Å². The Labute approximate surface area is 255 Å². The fraction of sp³-hybridized carbons (Fsp3) is 0.367. The summed E-state index contributed by atoms with van der Waals surface area (Å²) in [5.74, 6) is 0.736. The van der Waals surface area contributed by atoms with Crippen molar-refractivity contribution in [3.8, 4) is 45.6 Å². The van der Waals surface area contributed by atoms with Gasteiger partial charge in [-0.15, -0.1) is 0 Å². The molecule has 3 aromatic rings. The monoisotopic (exact) mass is 659 g/mol. The average Bonchev–Trinajstić information content (AvgIpc) is 3.45. The normalized spacial score (nSPS) is 20.2. The molecule has 1 N–H and O–H groups in total. The van der Waals surface area contributed by atoms with Gasteiger partial charge < -0.3 is 38.3 Å². The number of ether oxygens (including phenoxy) is 7. The number of hydrogen-bond acceptors (Lipinski definition) is 11. The lowest BCUT2D eigenvalue weighted by molar-refractivity contribution is -0.384. The number of carbonyl (C=O) groups excluding carboxylic acids is 1. The van der Waals surface area contributed by atoms with Crippen molar-refractivity contribution >= 4 is 27.6 Å². The van der Waals surface area contributed by atoms with Crippen LogP contribution < -0.4 is 28.4 Å². The van der Waals surface area contributed by atoms with Crippen LogP contribution in [0.4, 0.5) is 5.69 Å². The molecular weight excluding hydrogens is 630 g/mol. The van der Waals surface area contributed by atoms with Crippen molar-refractivity contribution in [3.05, 3.63) is 61.6 Å². The van der Waals surface area contributed by atoms with Crippen LogP contribution in [0, 0.1) is 16.0 Å². The minimum atomic E-state index is -1.65. The molecule has 0 fully saturated rings.